The fourth-order valence-corrected chi connectivity index (χ4v) is 5.74. The van der Waals surface area contributed by atoms with E-state index in [1.165, 1.54) is 21.8 Å². The lowest BCUT2D eigenvalue weighted by Gasteiger charge is -2.23. The number of anilines is 1. The highest BCUT2D eigenvalue weighted by molar-refractivity contribution is 7.91. The number of hydrogen-bond donors (Lipinski definition) is 1. The molecule has 0 spiro atoms. The van der Waals surface area contributed by atoms with Gasteiger partial charge in [-0.05, 0) is 36.6 Å². The first-order chi connectivity index (χ1) is 15.3. The fourth-order valence-electron chi connectivity index (χ4n) is 3.84. The molecule has 32 heavy (non-hydrogen) atoms. The van der Waals surface area contributed by atoms with Crippen molar-refractivity contribution < 1.29 is 13.2 Å². The number of aromatic nitrogens is 1. The Morgan fingerprint density at radius 2 is 1.81 bits per heavy atom. The van der Waals surface area contributed by atoms with E-state index in [9.17, 15) is 13.2 Å². The maximum Gasteiger partial charge on any atom is 0.230 e. The Morgan fingerprint density at radius 3 is 2.47 bits per heavy atom. The third-order valence-corrected chi connectivity index (χ3v) is 8.50. The summed E-state index contributed by atoms with van der Waals surface area (Å²) in [5.74, 6) is -0.0953. The summed E-state index contributed by atoms with van der Waals surface area (Å²) in [4.78, 5) is 21.0. The van der Waals surface area contributed by atoms with Gasteiger partial charge in [0, 0.05) is 24.0 Å². The van der Waals surface area contributed by atoms with Crippen LogP contribution in [0.2, 0.25) is 0 Å². The molecule has 2 aromatic carbocycles. The van der Waals surface area contributed by atoms with Crippen LogP contribution in [0.15, 0.2) is 59.5 Å². The predicted octanol–water partition coefficient (Wildman–Crippen LogP) is 4.06. The Kier molecular flexibility index (Phi) is 6.74. The molecule has 1 aliphatic rings. The monoisotopic (exact) mass is 469 g/mol. The number of fused-ring (bicyclic) bond motifs is 1. The van der Waals surface area contributed by atoms with Gasteiger partial charge in [0.25, 0.3) is 0 Å². The molecule has 0 fully saturated rings. The van der Waals surface area contributed by atoms with Gasteiger partial charge in [-0.3, -0.25) is 9.69 Å². The van der Waals surface area contributed by atoms with Crippen LogP contribution < -0.4 is 5.32 Å². The molecule has 1 aliphatic heterocycles. The second-order valence-electron chi connectivity index (χ2n) is 8.10. The first kappa shape index (κ1) is 22.6. The van der Waals surface area contributed by atoms with Crippen molar-refractivity contribution in [3.8, 4) is 0 Å². The second kappa shape index (κ2) is 9.52. The van der Waals surface area contributed by atoms with Gasteiger partial charge in [-0.25, -0.2) is 13.4 Å². The Labute approximate surface area is 193 Å². The average molecular weight is 470 g/mol. The van der Waals surface area contributed by atoms with Gasteiger partial charge in [-0.15, -0.1) is 11.3 Å². The molecule has 6 nitrogen and oxygen atoms in total. The number of amides is 1. The van der Waals surface area contributed by atoms with E-state index in [4.69, 9.17) is 0 Å². The minimum Gasteiger partial charge on any atom is -0.302 e. The van der Waals surface area contributed by atoms with Crippen molar-refractivity contribution in [1.29, 1.82) is 0 Å². The Hall–Kier alpha value is -2.55. The van der Waals surface area contributed by atoms with Crippen LogP contribution in [-0.2, 0) is 40.6 Å². The lowest BCUT2D eigenvalue weighted by molar-refractivity contribution is -0.115. The van der Waals surface area contributed by atoms with Crippen LogP contribution in [0.5, 0.6) is 0 Å². The number of nitrogens with zero attached hydrogens (tertiary/aromatic N) is 2. The van der Waals surface area contributed by atoms with Crippen LogP contribution in [0.4, 0.5) is 5.13 Å². The van der Waals surface area contributed by atoms with Crippen molar-refractivity contribution in [3.05, 3.63) is 76.3 Å². The van der Waals surface area contributed by atoms with Crippen molar-refractivity contribution in [1.82, 2.24) is 9.88 Å². The molecule has 0 unspecified atom stereocenters. The largest absolute Gasteiger partial charge is 0.302 e. The van der Waals surface area contributed by atoms with Crippen molar-refractivity contribution >= 4 is 32.2 Å². The summed E-state index contributed by atoms with van der Waals surface area (Å²) in [6.45, 7) is 5.50. The van der Waals surface area contributed by atoms with Gasteiger partial charge in [0.1, 0.15) is 0 Å². The van der Waals surface area contributed by atoms with Gasteiger partial charge < -0.3 is 5.32 Å². The van der Waals surface area contributed by atoms with Crippen molar-refractivity contribution in [2.24, 2.45) is 0 Å². The number of thiazole rings is 1. The number of hydrogen-bond acceptors (Lipinski definition) is 6. The highest BCUT2D eigenvalue weighted by Crippen LogP contribution is 2.32. The fraction of sp³-hybridized carbons (Fsp3) is 0.333. The molecule has 0 aliphatic carbocycles. The predicted molar refractivity (Wildman–Crippen MR) is 127 cm³/mol. The number of benzene rings is 2. The van der Waals surface area contributed by atoms with Gasteiger partial charge in [0.15, 0.2) is 15.0 Å². The molecule has 1 aromatic heterocycles. The van der Waals surface area contributed by atoms with E-state index < -0.39 is 9.84 Å². The molecular weight excluding hydrogens is 442 g/mol. The molecule has 1 atom stereocenters. The van der Waals surface area contributed by atoms with Crippen LogP contribution in [0, 0.1) is 0 Å². The Morgan fingerprint density at radius 1 is 1.09 bits per heavy atom. The molecule has 2 heterocycles. The van der Waals surface area contributed by atoms with Gasteiger partial charge in [-0.1, -0.05) is 49.4 Å². The zero-order chi connectivity index (χ0) is 22.7. The number of rotatable bonds is 8. The Balaban J connectivity index is 1.31. The lowest BCUT2D eigenvalue weighted by Crippen LogP contribution is -2.29. The summed E-state index contributed by atoms with van der Waals surface area (Å²) in [6.07, 6.45) is 1.18. The molecule has 1 N–H and O–H groups in total. The number of sulfone groups is 1. The average Bonchev–Trinajstić information content (AvgIpc) is 3.33. The molecule has 8 heteroatoms. The normalized spacial score (nSPS) is 14.8. The molecule has 168 valence electrons. The van der Waals surface area contributed by atoms with Gasteiger partial charge >= 0.3 is 0 Å². The van der Waals surface area contributed by atoms with E-state index in [-0.39, 0.29) is 23.0 Å². The molecule has 4 rings (SSSR count). The van der Waals surface area contributed by atoms with Crippen molar-refractivity contribution in [2.45, 2.75) is 50.7 Å². The number of nitrogens with one attached hydrogen (secondary N) is 1. The van der Waals surface area contributed by atoms with E-state index in [0.717, 1.165) is 30.8 Å². The Bertz CT molecular complexity index is 1170. The number of carbonyl (C=O) groups is 1. The second-order valence-corrected chi connectivity index (χ2v) is 11.5. The van der Waals surface area contributed by atoms with Crippen LogP contribution in [0.25, 0.3) is 0 Å². The van der Waals surface area contributed by atoms with E-state index in [1.807, 2.05) is 6.07 Å². The number of carbonyl (C=O) groups excluding carboxylic acids is 1. The highest BCUT2D eigenvalue weighted by atomic mass is 32.2. The van der Waals surface area contributed by atoms with Crippen LogP contribution in [-0.4, -0.2) is 36.0 Å². The van der Waals surface area contributed by atoms with Crippen LogP contribution in [0.1, 0.15) is 35.5 Å². The summed E-state index contributed by atoms with van der Waals surface area (Å²) in [5, 5.41) is 3.52. The van der Waals surface area contributed by atoms with Gasteiger partial charge in [0.2, 0.25) is 5.91 Å². The molecule has 0 saturated carbocycles. The zero-order valence-electron chi connectivity index (χ0n) is 18.2. The minimum absolute atomic E-state index is 0.0595. The quantitative estimate of drug-likeness (QED) is 0.538. The van der Waals surface area contributed by atoms with Crippen LogP contribution >= 0.6 is 11.3 Å². The van der Waals surface area contributed by atoms with Crippen molar-refractivity contribution in [3.63, 3.8) is 0 Å². The van der Waals surface area contributed by atoms with E-state index in [2.05, 4.69) is 46.4 Å². The molecule has 0 saturated heterocycles. The molecule has 0 bridgehead atoms. The summed E-state index contributed by atoms with van der Waals surface area (Å²) < 4.78 is 23.8. The maximum atomic E-state index is 12.4. The smallest absolute Gasteiger partial charge is 0.230 e. The molecule has 1 amide bonds. The van der Waals surface area contributed by atoms with Gasteiger partial charge in [0.05, 0.1) is 22.8 Å². The zero-order valence-corrected chi connectivity index (χ0v) is 19.9. The minimum atomic E-state index is -3.23. The van der Waals surface area contributed by atoms with Gasteiger partial charge in [-0.2, -0.15) is 0 Å². The third-order valence-electron chi connectivity index (χ3n) is 5.75. The molecular formula is C24H27N3O3S2. The van der Waals surface area contributed by atoms with E-state index in [1.54, 1.807) is 31.2 Å². The lowest BCUT2D eigenvalue weighted by atomic mass is 10.1. The SMILES string of the molecule is CCS(=O)(=O)c1ccc(CC(=O)Nc2nc3c(s2)CN([C@H](C)Cc2ccccc2)C3)cc1. The molecule has 3 aromatic rings. The van der Waals surface area contributed by atoms with Crippen molar-refractivity contribution in [2.75, 3.05) is 11.1 Å². The molecule has 0 radical (unpaired) electrons. The van der Waals surface area contributed by atoms with Crippen LogP contribution in [0.3, 0.4) is 0 Å². The first-order valence-electron chi connectivity index (χ1n) is 10.7. The van der Waals surface area contributed by atoms with E-state index >= 15 is 0 Å². The summed E-state index contributed by atoms with van der Waals surface area (Å²) in [5.41, 5.74) is 3.14. The first-order valence-corrected chi connectivity index (χ1v) is 13.2. The standard InChI is InChI=1S/C24H27N3O3S2/c1-3-32(29,30)20-11-9-19(10-12-20)14-23(28)26-24-25-21-15-27(16-22(21)31-24)17(2)13-18-7-5-4-6-8-18/h4-12,17H,3,13-16H2,1-2H3,(H,25,26,28)/t17-/m1/s1. The maximum absolute atomic E-state index is 12.4. The summed E-state index contributed by atoms with van der Waals surface area (Å²) in [6, 6.07) is 17.4. The highest BCUT2D eigenvalue weighted by Gasteiger charge is 2.27. The summed E-state index contributed by atoms with van der Waals surface area (Å²) >= 11 is 1.53. The third kappa shape index (κ3) is 5.26. The topological polar surface area (TPSA) is 79.4 Å². The summed E-state index contributed by atoms with van der Waals surface area (Å²) in [7, 11) is -3.23. The van der Waals surface area contributed by atoms with E-state index in [0.29, 0.717) is 11.2 Å².